The summed E-state index contributed by atoms with van der Waals surface area (Å²) >= 11 is 6.18. The molecule has 2 N–H and O–H groups in total. The molecule has 1 spiro atoms. The summed E-state index contributed by atoms with van der Waals surface area (Å²) in [5.74, 6) is 0. The SMILES string of the molecule is Cc1ccc(NC(=O)N2CCC3(CC2)Nc2ccccc2-n2cccc23)cc1Cl. The average molecular weight is 407 g/mol. The first kappa shape index (κ1) is 18.1. The number of urea groups is 1. The molecule has 0 bridgehead atoms. The van der Waals surface area contributed by atoms with Crippen molar-refractivity contribution in [3.05, 3.63) is 77.1 Å². The number of rotatable bonds is 1. The Kier molecular flexibility index (Phi) is 4.28. The second kappa shape index (κ2) is 6.85. The van der Waals surface area contributed by atoms with Crippen LogP contribution in [0.1, 0.15) is 24.1 Å². The van der Waals surface area contributed by atoms with Crippen molar-refractivity contribution < 1.29 is 4.79 Å². The molecule has 5 rings (SSSR count). The molecule has 0 aliphatic carbocycles. The van der Waals surface area contributed by atoms with E-state index in [4.69, 9.17) is 11.6 Å². The summed E-state index contributed by atoms with van der Waals surface area (Å²) in [6, 6.07) is 18.2. The van der Waals surface area contributed by atoms with Gasteiger partial charge in [0.25, 0.3) is 0 Å². The van der Waals surface area contributed by atoms with Gasteiger partial charge >= 0.3 is 6.03 Å². The number of piperidine rings is 1. The van der Waals surface area contributed by atoms with E-state index in [1.165, 1.54) is 11.4 Å². The van der Waals surface area contributed by atoms with Gasteiger partial charge < -0.3 is 20.1 Å². The molecule has 29 heavy (non-hydrogen) atoms. The van der Waals surface area contributed by atoms with Crippen molar-refractivity contribution in [2.45, 2.75) is 25.3 Å². The Labute approximate surface area is 175 Å². The van der Waals surface area contributed by atoms with Gasteiger partial charge in [0.1, 0.15) is 0 Å². The van der Waals surface area contributed by atoms with Crippen molar-refractivity contribution in [3.63, 3.8) is 0 Å². The van der Waals surface area contributed by atoms with Gasteiger partial charge in [-0.15, -0.1) is 0 Å². The fraction of sp³-hybridized carbons (Fsp3) is 0.261. The van der Waals surface area contributed by atoms with E-state index in [-0.39, 0.29) is 11.6 Å². The number of aryl methyl sites for hydroxylation is 1. The highest BCUT2D eigenvalue weighted by molar-refractivity contribution is 6.31. The maximum Gasteiger partial charge on any atom is 0.321 e. The Balaban J connectivity index is 1.33. The lowest BCUT2D eigenvalue weighted by Gasteiger charge is -2.46. The molecule has 1 fully saturated rings. The quantitative estimate of drug-likeness (QED) is 0.569. The van der Waals surface area contributed by atoms with Crippen LogP contribution >= 0.6 is 11.6 Å². The van der Waals surface area contributed by atoms with E-state index in [0.717, 1.165) is 29.8 Å². The number of carbonyl (C=O) groups is 1. The lowest BCUT2D eigenvalue weighted by molar-refractivity contribution is 0.174. The zero-order valence-electron chi connectivity index (χ0n) is 16.3. The van der Waals surface area contributed by atoms with Gasteiger partial charge in [0.05, 0.1) is 16.9 Å². The van der Waals surface area contributed by atoms with Crippen molar-refractivity contribution in [1.82, 2.24) is 9.47 Å². The van der Waals surface area contributed by atoms with Crippen molar-refractivity contribution in [2.75, 3.05) is 23.7 Å². The number of benzene rings is 2. The first-order valence-corrected chi connectivity index (χ1v) is 10.3. The van der Waals surface area contributed by atoms with Crippen LogP contribution in [0, 0.1) is 6.92 Å². The molecular weight excluding hydrogens is 384 g/mol. The number of fused-ring (bicyclic) bond motifs is 4. The van der Waals surface area contributed by atoms with Crippen LogP contribution in [0.25, 0.3) is 5.69 Å². The van der Waals surface area contributed by atoms with E-state index in [1.54, 1.807) is 6.07 Å². The monoisotopic (exact) mass is 406 g/mol. The third-order valence-corrected chi connectivity index (χ3v) is 6.51. The Morgan fingerprint density at radius 1 is 1.10 bits per heavy atom. The predicted octanol–water partition coefficient (Wildman–Crippen LogP) is 5.39. The van der Waals surface area contributed by atoms with Crippen LogP contribution in [-0.4, -0.2) is 28.6 Å². The van der Waals surface area contributed by atoms with Crippen molar-refractivity contribution in [3.8, 4) is 5.69 Å². The van der Waals surface area contributed by atoms with Crippen LogP contribution < -0.4 is 10.6 Å². The third kappa shape index (κ3) is 3.06. The second-order valence-electron chi connectivity index (χ2n) is 7.87. The molecule has 0 radical (unpaired) electrons. The number of carbonyl (C=O) groups excluding carboxylic acids is 1. The number of para-hydroxylation sites is 2. The molecule has 2 aliphatic heterocycles. The van der Waals surface area contributed by atoms with E-state index in [1.807, 2.05) is 24.0 Å². The average Bonchev–Trinajstić information content (AvgIpc) is 3.23. The molecule has 6 heteroatoms. The van der Waals surface area contributed by atoms with E-state index in [0.29, 0.717) is 18.1 Å². The summed E-state index contributed by atoms with van der Waals surface area (Å²) in [7, 11) is 0. The molecule has 3 heterocycles. The summed E-state index contributed by atoms with van der Waals surface area (Å²) < 4.78 is 2.27. The second-order valence-corrected chi connectivity index (χ2v) is 8.28. The summed E-state index contributed by atoms with van der Waals surface area (Å²) in [5, 5.41) is 7.42. The number of halogens is 1. The van der Waals surface area contributed by atoms with Gasteiger partial charge in [-0.25, -0.2) is 4.79 Å². The molecule has 2 aliphatic rings. The fourth-order valence-electron chi connectivity index (χ4n) is 4.44. The normalized spacial score (nSPS) is 16.7. The molecule has 0 atom stereocenters. The number of amides is 2. The molecule has 1 aromatic heterocycles. The van der Waals surface area contributed by atoms with Crippen molar-refractivity contribution in [1.29, 1.82) is 0 Å². The fourth-order valence-corrected chi connectivity index (χ4v) is 4.62. The van der Waals surface area contributed by atoms with Crippen molar-refractivity contribution >= 4 is 29.0 Å². The van der Waals surface area contributed by atoms with Gasteiger partial charge in [0.2, 0.25) is 0 Å². The van der Waals surface area contributed by atoms with E-state index in [9.17, 15) is 4.79 Å². The van der Waals surface area contributed by atoms with Gasteiger partial charge in [-0.3, -0.25) is 0 Å². The number of nitrogens with zero attached hydrogens (tertiary/aromatic N) is 2. The molecule has 3 aromatic rings. The summed E-state index contributed by atoms with van der Waals surface area (Å²) in [6.07, 6.45) is 3.83. The Bertz CT molecular complexity index is 1080. The molecule has 2 aromatic carbocycles. The molecule has 1 saturated heterocycles. The van der Waals surface area contributed by atoms with Crippen LogP contribution in [0.4, 0.5) is 16.2 Å². The standard InChI is InChI=1S/C23H23ClN4O/c1-16-8-9-17(15-18(16)24)25-22(29)27-13-10-23(11-14-27)21-7-4-12-28(21)20-6-3-2-5-19(20)26-23/h2-9,12,15,26H,10-11,13-14H2,1H3,(H,25,29). The molecule has 0 saturated carbocycles. The number of nitrogens with one attached hydrogen (secondary N) is 2. The first-order valence-electron chi connectivity index (χ1n) is 9.93. The number of likely N-dealkylation sites (tertiary alicyclic amines) is 1. The maximum absolute atomic E-state index is 12.8. The number of hydrogen-bond acceptors (Lipinski definition) is 2. The van der Waals surface area contributed by atoms with Gasteiger partial charge in [-0.2, -0.15) is 0 Å². The number of hydrogen-bond donors (Lipinski definition) is 2. The highest BCUT2D eigenvalue weighted by Gasteiger charge is 2.42. The Morgan fingerprint density at radius 3 is 2.69 bits per heavy atom. The summed E-state index contributed by atoms with van der Waals surface area (Å²) in [5.41, 5.74) is 5.15. The van der Waals surface area contributed by atoms with Gasteiger partial charge in [0, 0.05) is 35.7 Å². The minimum absolute atomic E-state index is 0.0774. The van der Waals surface area contributed by atoms with Crippen LogP contribution in [0.15, 0.2) is 60.8 Å². The van der Waals surface area contributed by atoms with E-state index >= 15 is 0 Å². The third-order valence-electron chi connectivity index (χ3n) is 6.10. The van der Waals surface area contributed by atoms with Crippen LogP contribution in [-0.2, 0) is 5.54 Å². The lowest BCUT2D eigenvalue weighted by atomic mass is 9.82. The van der Waals surface area contributed by atoms with Crippen LogP contribution in [0.2, 0.25) is 5.02 Å². The maximum atomic E-state index is 12.8. The predicted molar refractivity (Wildman–Crippen MR) is 117 cm³/mol. The zero-order valence-corrected chi connectivity index (χ0v) is 17.0. The van der Waals surface area contributed by atoms with E-state index in [2.05, 4.69) is 57.8 Å². The molecular formula is C23H23ClN4O. The molecule has 2 amide bonds. The lowest BCUT2D eigenvalue weighted by Crippen LogP contribution is -2.51. The minimum Gasteiger partial charge on any atom is -0.372 e. The van der Waals surface area contributed by atoms with Gasteiger partial charge in [-0.1, -0.05) is 29.8 Å². The van der Waals surface area contributed by atoms with Crippen LogP contribution in [0.3, 0.4) is 0 Å². The topological polar surface area (TPSA) is 49.3 Å². The molecule has 148 valence electrons. The van der Waals surface area contributed by atoms with Gasteiger partial charge in [-0.05, 0) is 61.7 Å². The Hall–Kier alpha value is -2.92. The number of anilines is 2. The number of aromatic nitrogens is 1. The highest BCUT2D eigenvalue weighted by Crippen LogP contribution is 2.43. The van der Waals surface area contributed by atoms with E-state index < -0.39 is 0 Å². The van der Waals surface area contributed by atoms with Crippen molar-refractivity contribution in [2.24, 2.45) is 0 Å². The summed E-state index contributed by atoms with van der Waals surface area (Å²) in [6.45, 7) is 3.32. The first-order chi connectivity index (χ1) is 14.1. The highest BCUT2D eigenvalue weighted by atomic mass is 35.5. The minimum atomic E-state index is -0.151. The van der Waals surface area contributed by atoms with Crippen LogP contribution in [0.5, 0.6) is 0 Å². The van der Waals surface area contributed by atoms with Gasteiger partial charge in [0.15, 0.2) is 0 Å². The summed E-state index contributed by atoms with van der Waals surface area (Å²) in [4.78, 5) is 14.7. The molecule has 5 nitrogen and oxygen atoms in total. The Morgan fingerprint density at radius 2 is 1.90 bits per heavy atom. The zero-order chi connectivity index (χ0) is 20.0. The largest absolute Gasteiger partial charge is 0.372 e. The molecule has 0 unspecified atom stereocenters. The smallest absolute Gasteiger partial charge is 0.321 e.